The molecule has 0 radical (unpaired) electrons. The number of ether oxygens (including phenoxy) is 1. The van der Waals surface area contributed by atoms with Crippen LogP contribution >= 0.6 is 0 Å². The highest BCUT2D eigenvalue weighted by molar-refractivity contribution is 6.03. The van der Waals surface area contributed by atoms with E-state index in [0.29, 0.717) is 21.4 Å². The van der Waals surface area contributed by atoms with Crippen molar-refractivity contribution in [2.24, 2.45) is 0 Å². The fourth-order valence-corrected chi connectivity index (χ4v) is 3.08. The van der Waals surface area contributed by atoms with E-state index >= 15 is 0 Å². The summed E-state index contributed by atoms with van der Waals surface area (Å²) in [4.78, 5) is 32.2. The van der Waals surface area contributed by atoms with Gasteiger partial charge in [0.05, 0.1) is 12.8 Å². The topological polar surface area (TPSA) is 98.5 Å². The van der Waals surface area contributed by atoms with E-state index in [1.54, 1.807) is 36.4 Å². The number of benzene rings is 2. The Morgan fingerprint density at radius 3 is 2.39 bits per heavy atom. The van der Waals surface area contributed by atoms with Crippen LogP contribution in [0.5, 0.6) is 5.75 Å². The fraction of sp³-hybridized carbons (Fsp3) is 0.136. The highest BCUT2D eigenvalue weighted by atomic mass is 19.4. The lowest BCUT2D eigenvalue weighted by molar-refractivity contribution is -0.142. The van der Waals surface area contributed by atoms with Crippen LogP contribution in [0.25, 0.3) is 17.0 Å². The Hall–Kier alpha value is -4.28. The normalized spacial score (nSPS) is 11.4. The minimum absolute atomic E-state index is 0.00555. The number of alkyl halides is 3. The number of nitrogens with zero attached hydrogens (tertiary/aromatic N) is 4. The Kier molecular flexibility index (Phi) is 5.54. The van der Waals surface area contributed by atoms with E-state index in [9.17, 15) is 22.8 Å². The number of nitrogens with one attached hydrogen (secondary N) is 1. The molecule has 1 N–H and O–H groups in total. The molecule has 8 nitrogen and oxygen atoms in total. The van der Waals surface area contributed by atoms with Gasteiger partial charge in [-0.1, -0.05) is 12.1 Å². The van der Waals surface area contributed by atoms with Crippen molar-refractivity contribution in [3.8, 4) is 17.0 Å². The molecule has 33 heavy (non-hydrogen) atoms. The van der Waals surface area contributed by atoms with Gasteiger partial charge < -0.3 is 10.1 Å². The molecule has 11 heteroatoms. The van der Waals surface area contributed by atoms with Gasteiger partial charge in [0.1, 0.15) is 5.75 Å². The molecule has 1 amide bonds. The number of ketones is 1. The average molecular weight is 455 g/mol. The summed E-state index contributed by atoms with van der Waals surface area (Å²) in [6, 6.07) is 13.2. The first-order valence-corrected chi connectivity index (χ1v) is 9.57. The second-order valence-corrected chi connectivity index (χ2v) is 6.99. The van der Waals surface area contributed by atoms with Crippen LogP contribution in [0.1, 0.15) is 33.6 Å². The molecule has 2 aromatic heterocycles. The van der Waals surface area contributed by atoms with Crippen molar-refractivity contribution in [2.75, 3.05) is 12.4 Å². The van der Waals surface area contributed by atoms with Gasteiger partial charge in [-0.05, 0) is 49.4 Å². The molecule has 0 aliphatic heterocycles. The van der Waals surface area contributed by atoms with E-state index in [2.05, 4.69) is 20.4 Å². The third kappa shape index (κ3) is 4.52. The van der Waals surface area contributed by atoms with Gasteiger partial charge in [0.25, 0.3) is 11.7 Å². The minimum Gasteiger partial charge on any atom is -0.497 e. The molecule has 0 atom stereocenters. The van der Waals surface area contributed by atoms with Crippen LogP contribution < -0.4 is 10.1 Å². The van der Waals surface area contributed by atoms with E-state index in [1.165, 1.54) is 26.2 Å². The lowest BCUT2D eigenvalue weighted by Gasteiger charge is -2.10. The Bertz CT molecular complexity index is 1360. The number of Topliss-reactive ketones (excluding diaryl/α,β-unsaturated/α-hetero) is 1. The first kappa shape index (κ1) is 21.9. The molecule has 168 valence electrons. The van der Waals surface area contributed by atoms with Gasteiger partial charge in [0.15, 0.2) is 11.5 Å². The maximum absolute atomic E-state index is 13.7. The standard InChI is InChI=1S/C22H16F3N5O3/c1-12(31)14-4-3-5-15(10-14)26-20(32)19-28-21-27-17(13-6-8-16(33-2)9-7-13)11-18(22(23,24)25)30(21)29-19/h3-11H,1-2H3,(H,26,32). The SMILES string of the molecule is COc1ccc(-c2cc(C(F)(F)F)n3nc(C(=O)Nc4cccc(C(C)=O)c4)nc3n2)cc1. The number of fused-ring (bicyclic) bond motifs is 1. The first-order chi connectivity index (χ1) is 15.7. The molecule has 0 bridgehead atoms. The maximum atomic E-state index is 13.7. The zero-order chi connectivity index (χ0) is 23.8. The molecule has 0 aliphatic carbocycles. The van der Waals surface area contributed by atoms with E-state index in [4.69, 9.17) is 4.74 Å². The number of methoxy groups -OCH3 is 1. The Morgan fingerprint density at radius 1 is 1.03 bits per heavy atom. The van der Waals surface area contributed by atoms with Crippen LogP contribution in [0, 0.1) is 0 Å². The molecule has 0 spiro atoms. The first-order valence-electron chi connectivity index (χ1n) is 9.57. The second-order valence-electron chi connectivity index (χ2n) is 6.99. The van der Waals surface area contributed by atoms with Crippen molar-refractivity contribution in [1.29, 1.82) is 0 Å². The molecular weight excluding hydrogens is 439 g/mol. The summed E-state index contributed by atoms with van der Waals surface area (Å²) in [5.74, 6) is -1.42. The van der Waals surface area contributed by atoms with Gasteiger partial charge in [0.2, 0.25) is 5.82 Å². The molecule has 0 saturated carbocycles. The third-order valence-corrected chi connectivity index (χ3v) is 4.72. The van der Waals surface area contributed by atoms with E-state index in [-0.39, 0.29) is 17.2 Å². The van der Waals surface area contributed by atoms with E-state index in [1.807, 2.05) is 0 Å². The highest BCUT2D eigenvalue weighted by Gasteiger charge is 2.36. The third-order valence-electron chi connectivity index (χ3n) is 4.72. The van der Waals surface area contributed by atoms with Gasteiger partial charge in [0, 0.05) is 16.8 Å². The molecule has 0 aliphatic rings. The van der Waals surface area contributed by atoms with Crippen LogP contribution in [-0.2, 0) is 6.18 Å². The van der Waals surface area contributed by atoms with Gasteiger partial charge in [-0.2, -0.15) is 22.7 Å². The van der Waals surface area contributed by atoms with Crippen LogP contribution in [-0.4, -0.2) is 38.4 Å². The molecule has 2 heterocycles. The van der Waals surface area contributed by atoms with Gasteiger partial charge in [-0.15, -0.1) is 5.10 Å². The molecule has 0 fully saturated rings. The number of anilines is 1. The average Bonchev–Trinajstić information content (AvgIpc) is 3.22. The summed E-state index contributed by atoms with van der Waals surface area (Å²) in [5, 5.41) is 6.20. The Morgan fingerprint density at radius 2 is 1.76 bits per heavy atom. The number of carbonyl (C=O) groups excluding carboxylic acids is 2. The second kappa shape index (κ2) is 8.34. The summed E-state index contributed by atoms with van der Waals surface area (Å²) in [5.41, 5.74) is -0.0938. The summed E-state index contributed by atoms with van der Waals surface area (Å²) in [6.07, 6.45) is -4.78. The number of carbonyl (C=O) groups is 2. The van der Waals surface area contributed by atoms with Crippen molar-refractivity contribution in [1.82, 2.24) is 19.6 Å². The number of rotatable bonds is 5. The molecular formula is C22H16F3N5O3. The monoisotopic (exact) mass is 455 g/mol. The molecule has 4 rings (SSSR count). The van der Waals surface area contributed by atoms with Crippen LogP contribution in [0.2, 0.25) is 0 Å². The Balaban J connectivity index is 1.74. The van der Waals surface area contributed by atoms with Gasteiger partial charge >= 0.3 is 6.18 Å². The van der Waals surface area contributed by atoms with E-state index < -0.39 is 29.4 Å². The summed E-state index contributed by atoms with van der Waals surface area (Å²) >= 11 is 0. The zero-order valence-corrected chi connectivity index (χ0v) is 17.3. The number of hydrogen-bond donors (Lipinski definition) is 1. The van der Waals surface area contributed by atoms with Crippen molar-refractivity contribution >= 4 is 23.2 Å². The number of amides is 1. The molecule has 4 aromatic rings. The van der Waals surface area contributed by atoms with Gasteiger partial charge in [-0.25, -0.2) is 4.98 Å². The number of aromatic nitrogens is 4. The fourth-order valence-electron chi connectivity index (χ4n) is 3.08. The Labute approximate surface area is 185 Å². The minimum atomic E-state index is -4.78. The molecule has 0 unspecified atom stereocenters. The quantitative estimate of drug-likeness (QED) is 0.451. The van der Waals surface area contributed by atoms with Gasteiger partial charge in [-0.3, -0.25) is 9.59 Å². The van der Waals surface area contributed by atoms with E-state index in [0.717, 1.165) is 6.07 Å². The zero-order valence-electron chi connectivity index (χ0n) is 17.3. The summed E-state index contributed by atoms with van der Waals surface area (Å²) < 4.78 is 46.8. The largest absolute Gasteiger partial charge is 0.497 e. The molecule has 2 aromatic carbocycles. The lowest BCUT2D eigenvalue weighted by atomic mass is 10.1. The van der Waals surface area contributed by atoms with Crippen molar-refractivity contribution in [3.63, 3.8) is 0 Å². The highest BCUT2D eigenvalue weighted by Crippen LogP contribution is 2.32. The maximum Gasteiger partial charge on any atom is 0.433 e. The summed E-state index contributed by atoms with van der Waals surface area (Å²) in [7, 11) is 1.47. The predicted octanol–water partition coefficient (Wildman–Crippen LogP) is 4.27. The van der Waals surface area contributed by atoms with Crippen LogP contribution in [0.15, 0.2) is 54.6 Å². The lowest BCUT2D eigenvalue weighted by Crippen LogP contribution is -2.16. The summed E-state index contributed by atoms with van der Waals surface area (Å²) in [6.45, 7) is 1.37. The van der Waals surface area contributed by atoms with Crippen molar-refractivity contribution in [2.45, 2.75) is 13.1 Å². The van der Waals surface area contributed by atoms with Crippen molar-refractivity contribution < 1.29 is 27.5 Å². The van der Waals surface area contributed by atoms with Crippen LogP contribution in [0.4, 0.5) is 18.9 Å². The number of halogens is 3. The number of hydrogen-bond acceptors (Lipinski definition) is 6. The van der Waals surface area contributed by atoms with Crippen LogP contribution in [0.3, 0.4) is 0 Å². The smallest absolute Gasteiger partial charge is 0.433 e. The van der Waals surface area contributed by atoms with Crippen molar-refractivity contribution in [3.05, 3.63) is 71.7 Å². The molecule has 0 saturated heterocycles. The predicted molar refractivity (Wildman–Crippen MR) is 112 cm³/mol.